The number of benzene rings is 1. The number of sulfonamides is 1. The smallest absolute Gasteiger partial charge is 0.241 e. The van der Waals surface area contributed by atoms with Crippen molar-refractivity contribution in [3.05, 3.63) is 59.9 Å². The van der Waals surface area contributed by atoms with E-state index in [1.54, 1.807) is 37.5 Å². The van der Waals surface area contributed by atoms with Gasteiger partial charge in [0.15, 0.2) is 0 Å². The topological polar surface area (TPSA) is 59.1 Å². The molecule has 1 aromatic carbocycles. The number of nitrogens with one attached hydrogen (secondary N) is 1. The number of nitrogens with zero attached hydrogens (tertiary/aromatic N) is 1. The van der Waals surface area contributed by atoms with Gasteiger partial charge >= 0.3 is 0 Å². The largest absolute Gasteiger partial charge is 0.264 e. The van der Waals surface area contributed by atoms with Gasteiger partial charge in [-0.2, -0.15) is 0 Å². The molecule has 0 bridgehead atoms. The van der Waals surface area contributed by atoms with Crippen LogP contribution in [0, 0.1) is 0 Å². The Labute approximate surface area is 126 Å². The van der Waals surface area contributed by atoms with Gasteiger partial charge in [0.1, 0.15) is 0 Å². The molecule has 4 nitrogen and oxygen atoms in total. The Morgan fingerprint density at radius 1 is 1.19 bits per heavy atom. The SMILES string of the molecule is CCCc1ccc(S(=O)(=O)NC(C)c2cccnc2)cc1. The second-order valence-corrected chi connectivity index (χ2v) is 6.74. The maximum absolute atomic E-state index is 12.4. The predicted molar refractivity (Wildman–Crippen MR) is 83.4 cm³/mol. The van der Waals surface area contributed by atoms with Crippen LogP contribution in [-0.4, -0.2) is 13.4 Å². The Hall–Kier alpha value is -1.72. The molecule has 0 fully saturated rings. The van der Waals surface area contributed by atoms with Crippen molar-refractivity contribution in [3.8, 4) is 0 Å². The highest BCUT2D eigenvalue weighted by Gasteiger charge is 2.18. The summed E-state index contributed by atoms with van der Waals surface area (Å²) < 4.78 is 27.4. The molecule has 2 rings (SSSR count). The summed E-state index contributed by atoms with van der Waals surface area (Å²) in [5.74, 6) is 0. The molecule has 0 saturated carbocycles. The van der Waals surface area contributed by atoms with Crippen molar-refractivity contribution in [3.63, 3.8) is 0 Å². The van der Waals surface area contributed by atoms with Crippen molar-refractivity contribution in [1.29, 1.82) is 0 Å². The predicted octanol–water partition coefficient (Wildman–Crippen LogP) is 3.07. The Kier molecular flexibility index (Phi) is 5.09. The van der Waals surface area contributed by atoms with E-state index < -0.39 is 10.0 Å². The Bertz CT molecular complexity index is 667. The lowest BCUT2D eigenvalue weighted by Crippen LogP contribution is -2.26. The normalized spacial score (nSPS) is 13.0. The second-order valence-electron chi connectivity index (χ2n) is 5.02. The van der Waals surface area contributed by atoms with Crippen molar-refractivity contribution in [2.45, 2.75) is 37.6 Å². The second kappa shape index (κ2) is 6.83. The number of pyridine rings is 1. The zero-order valence-electron chi connectivity index (χ0n) is 12.3. The average molecular weight is 304 g/mol. The monoisotopic (exact) mass is 304 g/mol. The fourth-order valence-corrected chi connectivity index (χ4v) is 3.36. The van der Waals surface area contributed by atoms with Crippen LogP contribution < -0.4 is 4.72 Å². The summed E-state index contributed by atoms with van der Waals surface area (Å²) >= 11 is 0. The summed E-state index contributed by atoms with van der Waals surface area (Å²) in [5, 5.41) is 0. The summed E-state index contributed by atoms with van der Waals surface area (Å²) in [7, 11) is -3.52. The lowest BCUT2D eigenvalue weighted by molar-refractivity contribution is 0.566. The number of aromatic nitrogens is 1. The van der Waals surface area contributed by atoms with E-state index >= 15 is 0 Å². The molecule has 5 heteroatoms. The molecule has 21 heavy (non-hydrogen) atoms. The van der Waals surface area contributed by atoms with E-state index in [1.807, 2.05) is 18.2 Å². The highest BCUT2D eigenvalue weighted by molar-refractivity contribution is 7.89. The summed E-state index contributed by atoms with van der Waals surface area (Å²) in [6.07, 6.45) is 5.33. The molecular formula is C16H20N2O2S. The molecule has 0 saturated heterocycles. The summed E-state index contributed by atoms with van der Waals surface area (Å²) in [6, 6.07) is 10.4. The van der Waals surface area contributed by atoms with Gasteiger partial charge in [0.2, 0.25) is 10.0 Å². The van der Waals surface area contributed by atoms with Crippen molar-refractivity contribution in [2.75, 3.05) is 0 Å². The maximum atomic E-state index is 12.4. The first-order chi connectivity index (χ1) is 10.0. The van der Waals surface area contributed by atoms with Crippen LogP contribution in [0.25, 0.3) is 0 Å². The minimum Gasteiger partial charge on any atom is -0.264 e. The molecular weight excluding hydrogens is 284 g/mol. The van der Waals surface area contributed by atoms with E-state index in [0.717, 1.165) is 24.0 Å². The van der Waals surface area contributed by atoms with Crippen LogP contribution in [0.1, 0.15) is 37.4 Å². The van der Waals surface area contributed by atoms with Crippen LogP contribution in [0.4, 0.5) is 0 Å². The zero-order valence-corrected chi connectivity index (χ0v) is 13.1. The molecule has 2 aromatic rings. The van der Waals surface area contributed by atoms with Crippen LogP contribution in [0.15, 0.2) is 53.7 Å². The van der Waals surface area contributed by atoms with Crippen LogP contribution in [0.5, 0.6) is 0 Å². The van der Waals surface area contributed by atoms with Crippen LogP contribution in [0.2, 0.25) is 0 Å². The average Bonchev–Trinajstić information content (AvgIpc) is 2.48. The Balaban J connectivity index is 2.14. The van der Waals surface area contributed by atoms with Gasteiger partial charge in [-0.25, -0.2) is 13.1 Å². The van der Waals surface area contributed by atoms with Crippen LogP contribution in [0.3, 0.4) is 0 Å². The third-order valence-corrected chi connectivity index (χ3v) is 4.85. The summed E-state index contributed by atoms with van der Waals surface area (Å²) in [4.78, 5) is 4.30. The minimum absolute atomic E-state index is 0.290. The molecule has 1 heterocycles. The summed E-state index contributed by atoms with van der Waals surface area (Å²) in [5.41, 5.74) is 1.99. The number of hydrogen-bond donors (Lipinski definition) is 1. The lowest BCUT2D eigenvalue weighted by Gasteiger charge is -2.14. The molecule has 0 aliphatic rings. The van der Waals surface area contributed by atoms with Crippen molar-refractivity contribution in [1.82, 2.24) is 9.71 Å². The van der Waals surface area contributed by atoms with Gasteiger partial charge in [-0.1, -0.05) is 31.5 Å². The van der Waals surface area contributed by atoms with E-state index in [-0.39, 0.29) is 10.9 Å². The van der Waals surface area contributed by atoms with Gasteiger partial charge in [-0.15, -0.1) is 0 Å². The quantitative estimate of drug-likeness (QED) is 0.892. The first kappa shape index (κ1) is 15.7. The molecule has 0 amide bonds. The van der Waals surface area contributed by atoms with E-state index in [4.69, 9.17) is 0 Å². The molecule has 1 N–H and O–H groups in total. The fourth-order valence-electron chi connectivity index (χ4n) is 2.12. The van der Waals surface area contributed by atoms with E-state index in [1.165, 1.54) is 0 Å². The van der Waals surface area contributed by atoms with Gasteiger partial charge in [0.25, 0.3) is 0 Å². The third kappa shape index (κ3) is 4.12. The van der Waals surface area contributed by atoms with Crippen molar-refractivity contribution < 1.29 is 8.42 Å². The van der Waals surface area contributed by atoms with Gasteiger partial charge in [0, 0.05) is 18.4 Å². The Morgan fingerprint density at radius 2 is 1.90 bits per heavy atom. The zero-order chi connectivity index (χ0) is 15.3. The lowest BCUT2D eigenvalue weighted by atomic mass is 10.1. The summed E-state index contributed by atoms with van der Waals surface area (Å²) in [6.45, 7) is 3.90. The first-order valence-electron chi connectivity index (χ1n) is 7.04. The van der Waals surface area contributed by atoms with Crippen molar-refractivity contribution in [2.24, 2.45) is 0 Å². The van der Waals surface area contributed by atoms with Gasteiger partial charge in [0.05, 0.1) is 4.90 Å². The number of aryl methyl sites for hydroxylation is 1. The van der Waals surface area contributed by atoms with Crippen LogP contribution in [-0.2, 0) is 16.4 Å². The van der Waals surface area contributed by atoms with Gasteiger partial charge < -0.3 is 0 Å². The molecule has 0 radical (unpaired) electrons. The van der Waals surface area contributed by atoms with Gasteiger partial charge in [-0.3, -0.25) is 4.98 Å². The van der Waals surface area contributed by atoms with E-state index in [9.17, 15) is 8.42 Å². The molecule has 0 aliphatic heterocycles. The molecule has 1 aromatic heterocycles. The standard InChI is InChI=1S/C16H20N2O2S/c1-3-5-14-7-9-16(10-8-14)21(19,20)18-13(2)15-6-4-11-17-12-15/h4,6-13,18H,3,5H2,1-2H3. The highest BCUT2D eigenvalue weighted by atomic mass is 32.2. The fraction of sp³-hybridized carbons (Fsp3) is 0.312. The van der Waals surface area contributed by atoms with E-state index in [0.29, 0.717) is 0 Å². The van der Waals surface area contributed by atoms with E-state index in [2.05, 4.69) is 16.6 Å². The Morgan fingerprint density at radius 3 is 2.48 bits per heavy atom. The minimum atomic E-state index is -3.52. The molecule has 112 valence electrons. The third-order valence-electron chi connectivity index (χ3n) is 3.29. The first-order valence-corrected chi connectivity index (χ1v) is 8.52. The number of hydrogen-bond acceptors (Lipinski definition) is 3. The highest BCUT2D eigenvalue weighted by Crippen LogP contribution is 2.17. The molecule has 1 atom stereocenters. The molecule has 0 aliphatic carbocycles. The van der Waals surface area contributed by atoms with Crippen molar-refractivity contribution >= 4 is 10.0 Å². The van der Waals surface area contributed by atoms with Gasteiger partial charge in [-0.05, 0) is 42.7 Å². The molecule has 0 spiro atoms. The van der Waals surface area contributed by atoms with Crippen LogP contribution >= 0.6 is 0 Å². The maximum Gasteiger partial charge on any atom is 0.241 e. The number of rotatable bonds is 6. The molecule has 1 unspecified atom stereocenters.